The molecule has 2 saturated carbocycles. The highest BCUT2D eigenvalue weighted by Gasteiger charge is 2.59. The van der Waals surface area contributed by atoms with Crippen LogP contribution < -0.4 is 0 Å². The van der Waals surface area contributed by atoms with E-state index in [9.17, 15) is 0 Å². The zero-order chi connectivity index (χ0) is 46.7. The molecule has 8 aliphatic carbocycles. The number of halogens is 2. The van der Waals surface area contributed by atoms with Gasteiger partial charge in [-0.2, -0.15) is 0 Å². The van der Waals surface area contributed by atoms with E-state index in [0.29, 0.717) is 24.2 Å². The first kappa shape index (κ1) is 43.6. The Bertz CT molecular complexity index is 3120. The van der Waals surface area contributed by atoms with E-state index in [4.69, 9.17) is 4.98 Å². The fraction of sp³-hybridized carbons (Fsp3) is 0.409. The van der Waals surface area contributed by atoms with Gasteiger partial charge in [0.1, 0.15) is 12.3 Å². The van der Waals surface area contributed by atoms with E-state index in [1.165, 1.54) is 95.1 Å². The van der Waals surface area contributed by atoms with Crippen molar-refractivity contribution in [3.63, 3.8) is 0 Å². The number of allylic oxidation sites excluding steroid dienone is 12. The highest BCUT2D eigenvalue weighted by molar-refractivity contribution is 6.17. The third-order valence-corrected chi connectivity index (χ3v) is 19.0. The van der Waals surface area contributed by atoms with Crippen LogP contribution >= 0.6 is 0 Å². The Morgan fingerprint density at radius 2 is 1.58 bits per heavy atom. The topological polar surface area (TPSA) is 12.9 Å². The van der Waals surface area contributed by atoms with Gasteiger partial charge in [-0.3, -0.25) is 4.98 Å². The Kier molecular flexibility index (Phi) is 10.8. The summed E-state index contributed by atoms with van der Waals surface area (Å²) in [5.74, 6) is 2.28. The lowest BCUT2D eigenvalue weighted by Gasteiger charge is -2.45. The molecule has 1 nitrogen and oxygen atoms in total. The first-order valence-corrected chi connectivity index (χ1v) is 27.0. The highest BCUT2D eigenvalue weighted by Crippen LogP contribution is 2.70. The molecule has 1 aromatic heterocycles. The molecule has 8 aliphatic rings. The highest BCUT2D eigenvalue weighted by atomic mass is 19.1. The fourth-order valence-electron chi connectivity index (χ4n) is 15.9. The molecular weight excluding hydrogens is 845 g/mol. The average Bonchev–Trinajstić information content (AvgIpc) is 4.01. The molecule has 2 fully saturated rings. The van der Waals surface area contributed by atoms with Crippen LogP contribution in [-0.2, 0) is 6.42 Å². The second-order valence-electron chi connectivity index (χ2n) is 22.8. The van der Waals surface area contributed by atoms with Crippen LogP contribution in [0.5, 0.6) is 0 Å². The normalized spacial score (nSPS) is 30.1. The maximum absolute atomic E-state index is 17.0. The monoisotopic (exact) mass is 912 g/mol. The smallest absolute Gasteiger partial charge is 0.106 e. The van der Waals surface area contributed by atoms with E-state index in [1.54, 1.807) is 5.56 Å². The number of nitrogens with zero attached hydrogens (tertiary/aromatic N) is 1. The Hall–Kier alpha value is -5.41. The van der Waals surface area contributed by atoms with Gasteiger partial charge < -0.3 is 0 Å². The van der Waals surface area contributed by atoms with Gasteiger partial charge in [0.15, 0.2) is 0 Å². The Balaban J connectivity index is 1.11. The first-order chi connectivity index (χ1) is 33.7. The molecule has 11 unspecified atom stereocenters. The standard InChI is InChI=1S/C66H67F2N/c1-5-39(4)52-33-45(67)34-57(68)63(52)54-36-56-62-49(54)23-13-25-51(62)65-59(43-18-10-16-41(31-43)40-15-7-6-14-37(2)26-27-40)55-35-53-47-21-9-8-20-46(47)48-22-12-24-50(61(48)53)64(55)60(66(56)65)44-19-11-17-42(32-44)58-30-38(3)28-29-69-58/h6-7,9-11,13,15-19,21-23,28-32,35,37,39,45,49,51-52,54,56-57,62-63H,5,8,12,14,20,24-27,33-34,36H2,1-4H3. The largest absolute Gasteiger partial charge is 0.256 e. The van der Waals surface area contributed by atoms with Crippen molar-refractivity contribution >= 4 is 27.5 Å². The Labute approximate surface area is 409 Å². The van der Waals surface area contributed by atoms with Crippen molar-refractivity contribution < 1.29 is 8.78 Å². The van der Waals surface area contributed by atoms with Gasteiger partial charge >= 0.3 is 0 Å². The zero-order valence-corrected chi connectivity index (χ0v) is 41.1. The molecule has 11 atom stereocenters. The van der Waals surface area contributed by atoms with E-state index in [1.807, 2.05) is 6.20 Å². The molecule has 0 bridgehead atoms. The van der Waals surface area contributed by atoms with E-state index in [-0.39, 0.29) is 41.9 Å². The molecule has 13 rings (SSSR count). The summed E-state index contributed by atoms with van der Waals surface area (Å²) in [6.07, 6.45) is 30.3. The van der Waals surface area contributed by atoms with Gasteiger partial charge in [0, 0.05) is 18.2 Å². The van der Waals surface area contributed by atoms with Gasteiger partial charge in [0.05, 0.1) is 5.69 Å². The minimum atomic E-state index is -1.11. The summed E-state index contributed by atoms with van der Waals surface area (Å²) in [6.45, 7) is 9.04. The number of alkyl halides is 2. The summed E-state index contributed by atoms with van der Waals surface area (Å²) in [5.41, 5.74) is 23.5. The third kappa shape index (κ3) is 6.97. The van der Waals surface area contributed by atoms with Crippen molar-refractivity contribution in [2.24, 2.45) is 41.4 Å². The summed E-state index contributed by atoms with van der Waals surface area (Å²) in [7, 11) is 0. The maximum atomic E-state index is 17.0. The molecule has 69 heavy (non-hydrogen) atoms. The Morgan fingerprint density at radius 1 is 0.768 bits per heavy atom. The van der Waals surface area contributed by atoms with E-state index < -0.39 is 12.3 Å². The molecule has 0 spiro atoms. The SMILES string of the molecule is CCC(C)C1CC(F)CC(F)C1C1CC2c3c(c(-c4cccc(C5=CC=CCC(C)CC5)c4)c4cc5c6c(c4c3-c3cccc(-c4cc(C)ccn4)c3)CCC=C6C3=C5C=CCC3)C3CC=CC1C32. The molecule has 4 aromatic carbocycles. The number of aromatic nitrogens is 1. The summed E-state index contributed by atoms with van der Waals surface area (Å²) < 4.78 is 32.5. The summed E-state index contributed by atoms with van der Waals surface area (Å²) in [4.78, 5) is 4.94. The molecule has 1 heterocycles. The number of aryl methyl sites for hydroxylation is 2. The number of hydrogen-bond acceptors (Lipinski definition) is 1. The third-order valence-electron chi connectivity index (χ3n) is 19.0. The van der Waals surface area contributed by atoms with E-state index in [2.05, 4.69) is 143 Å². The molecule has 3 heteroatoms. The van der Waals surface area contributed by atoms with Crippen molar-refractivity contribution in [2.75, 3.05) is 0 Å². The second kappa shape index (κ2) is 17.2. The summed E-state index contributed by atoms with van der Waals surface area (Å²) in [5, 5.41) is 2.83. The first-order valence-electron chi connectivity index (χ1n) is 27.0. The predicted molar refractivity (Wildman–Crippen MR) is 284 cm³/mol. The van der Waals surface area contributed by atoms with Crippen molar-refractivity contribution in [1.82, 2.24) is 4.98 Å². The Morgan fingerprint density at radius 3 is 2.43 bits per heavy atom. The lowest BCUT2D eigenvalue weighted by atomic mass is 9.61. The molecule has 0 N–H and O–H groups in total. The average molecular weight is 912 g/mol. The van der Waals surface area contributed by atoms with Crippen LogP contribution in [0.4, 0.5) is 8.78 Å². The van der Waals surface area contributed by atoms with Crippen LogP contribution in [0.3, 0.4) is 0 Å². The van der Waals surface area contributed by atoms with Crippen LogP contribution in [0.15, 0.2) is 127 Å². The van der Waals surface area contributed by atoms with Gasteiger partial charge in [-0.25, -0.2) is 8.78 Å². The van der Waals surface area contributed by atoms with E-state index in [0.717, 1.165) is 69.0 Å². The number of fused-ring (bicyclic) bond motifs is 7. The molecule has 0 saturated heterocycles. The lowest BCUT2D eigenvalue weighted by molar-refractivity contribution is -0.0148. The van der Waals surface area contributed by atoms with Crippen LogP contribution in [-0.4, -0.2) is 17.3 Å². The van der Waals surface area contributed by atoms with Crippen LogP contribution in [0, 0.1) is 48.3 Å². The fourth-order valence-corrected chi connectivity index (χ4v) is 15.9. The molecule has 5 aromatic rings. The summed E-state index contributed by atoms with van der Waals surface area (Å²) in [6, 6.07) is 25.9. The van der Waals surface area contributed by atoms with Crippen LogP contribution in [0.2, 0.25) is 0 Å². The number of rotatable bonds is 7. The summed E-state index contributed by atoms with van der Waals surface area (Å²) >= 11 is 0. The van der Waals surface area contributed by atoms with Crippen molar-refractivity contribution in [2.45, 2.75) is 129 Å². The maximum Gasteiger partial charge on any atom is 0.106 e. The van der Waals surface area contributed by atoms with Gasteiger partial charge in [-0.1, -0.05) is 112 Å². The number of pyridine rings is 1. The molecule has 0 aliphatic heterocycles. The minimum Gasteiger partial charge on any atom is -0.256 e. The number of hydrogen-bond donors (Lipinski definition) is 0. The van der Waals surface area contributed by atoms with E-state index >= 15 is 8.78 Å². The molecule has 350 valence electrons. The number of benzene rings is 4. The molecule has 0 amide bonds. The van der Waals surface area contributed by atoms with Crippen LogP contribution in [0.25, 0.3) is 61.0 Å². The molecular formula is C66H67F2N. The quantitative estimate of drug-likeness (QED) is 0.148. The van der Waals surface area contributed by atoms with Gasteiger partial charge in [0.2, 0.25) is 0 Å². The van der Waals surface area contributed by atoms with Crippen molar-refractivity contribution in [3.8, 4) is 33.5 Å². The van der Waals surface area contributed by atoms with Gasteiger partial charge in [-0.05, 0) is 249 Å². The predicted octanol–water partition coefficient (Wildman–Crippen LogP) is 17.9. The van der Waals surface area contributed by atoms with Crippen molar-refractivity contribution in [1.29, 1.82) is 0 Å². The molecule has 0 radical (unpaired) electrons. The second-order valence-corrected chi connectivity index (χ2v) is 22.8. The van der Waals surface area contributed by atoms with Gasteiger partial charge in [-0.15, -0.1) is 0 Å². The van der Waals surface area contributed by atoms with Crippen LogP contribution in [0.1, 0.15) is 142 Å². The van der Waals surface area contributed by atoms with Crippen molar-refractivity contribution in [3.05, 3.63) is 166 Å². The van der Waals surface area contributed by atoms with Gasteiger partial charge in [0.25, 0.3) is 0 Å². The zero-order valence-electron chi connectivity index (χ0n) is 41.1. The minimum absolute atomic E-state index is 0.0543. The lowest BCUT2D eigenvalue weighted by Crippen LogP contribution is -2.43.